The molecule has 1 aromatic heterocycles. The van der Waals surface area contributed by atoms with Crippen molar-refractivity contribution in [3.63, 3.8) is 0 Å². The van der Waals surface area contributed by atoms with Gasteiger partial charge in [-0.2, -0.15) is 0 Å². The minimum atomic E-state index is 0.397. The van der Waals surface area contributed by atoms with Crippen LogP contribution in [-0.2, 0) is 0 Å². The third-order valence-corrected chi connectivity index (χ3v) is 2.52. The van der Waals surface area contributed by atoms with E-state index in [1.807, 2.05) is 31.2 Å². The molecule has 3 nitrogen and oxygen atoms in total. The van der Waals surface area contributed by atoms with Gasteiger partial charge in [-0.25, -0.2) is 0 Å². The maximum absolute atomic E-state index is 5.68. The van der Waals surface area contributed by atoms with Gasteiger partial charge < -0.3 is 4.74 Å². The lowest BCUT2D eigenvalue weighted by molar-refractivity contribution is 0.412. The molecule has 0 bridgehead atoms. The summed E-state index contributed by atoms with van der Waals surface area (Å²) in [5.41, 5.74) is 2.87. The fourth-order valence-corrected chi connectivity index (χ4v) is 1.61. The smallest absolute Gasteiger partial charge is 0.151 e. The van der Waals surface area contributed by atoms with Gasteiger partial charge in [0.1, 0.15) is 5.75 Å². The highest BCUT2D eigenvalue weighted by Crippen LogP contribution is 2.24. The number of aromatic nitrogens is 2. The van der Waals surface area contributed by atoms with Crippen LogP contribution in [0.4, 0.5) is 0 Å². The molecule has 0 fully saturated rings. The molecule has 0 unspecified atom stereocenters. The van der Waals surface area contributed by atoms with E-state index in [-0.39, 0.29) is 0 Å². The number of nitrogens with zero attached hydrogens (tertiary/aromatic N) is 2. The van der Waals surface area contributed by atoms with Gasteiger partial charge in [-0.05, 0) is 42.8 Å². The summed E-state index contributed by atoms with van der Waals surface area (Å²) in [6, 6.07) is 9.45. The van der Waals surface area contributed by atoms with Crippen molar-refractivity contribution in [2.45, 2.75) is 6.92 Å². The summed E-state index contributed by atoms with van der Waals surface area (Å²) < 4.78 is 5.20. The molecule has 0 aliphatic heterocycles. The average Bonchev–Trinajstić information content (AvgIpc) is 2.30. The minimum absolute atomic E-state index is 0.397. The van der Waals surface area contributed by atoms with E-state index in [0.29, 0.717) is 5.15 Å². The highest BCUT2D eigenvalue weighted by atomic mass is 35.5. The van der Waals surface area contributed by atoms with Gasteiger partial charge in [0, 0.05) is 5.56 Å². The number of halogens is 1. The summed E-state index contributed by atoms with van der Waals surface area (Å²) in [5, 5.41) is 8.23. The fraction of sp³-hybridized carbons (Fsp3) is 0.167. The maximum Gasteiger partial charge on any atom is 0.151 e. The Morgan fingerprint density at radius 2 is 1.94 bits per heavy atom. The van der Waals surface area contributed by atoms with E-state index in [9.17, 15) is 0 Å². The Labute approximate surface area is 99.0 Å². The highest BCUT2D eigenvalue weighted by molar-refractivity contribution is 6.29. The molecule has 0 saturated carbocycles. The van der Waals surface area contributed by atoms with E-state index < -0.39 is 0 Å². The molecule has 0 aliphatic carbocycles. The first-order valence-corrected chi connectivity index (χ1v) is 5.23. The maximum atomic E-state index is 5.68. The molecule has 4 heteroatoms. The van der Waals surface area contributed by atoms with Crippen molar-refractivity contribution in [3.05, 3.63) is 41.0 Å². The van der Waals surface area contributed by atoms with Gasteiger partial charge in [-0.15, -0.1) is 10.2 Å². The molecule has 2 aromatic rings. The van der Waals surface area contributed by atoms with Crippen molar-refractivity contribution in [2.75, 3.05) is 7.11 Å². The van der Waals surface area contributed by atoms with Gasteiger partial charge in [-0.1, -0.05) is 11.6 Å². The molecule has 0 spiro atoms. The van der Waals surface area contributed by atoms with E-state index in [4.69, 9.17) is 16.3 Å². The molecule has 0 aliphatic rings. The molecule has 1 heterocycles. The van der Waals surface area contributed by atoms with Crippen LogP contribution in [0.3, 0.4) is 0 Å². The highest BCUT2D eigenvalue weighted by Gasteiger charge is 2.03. The van der Waals surface area contributed by atoms with E-state index in [0.717, 1.165) is 22.6 Å². The Hall–Kier alpha value is -1.61. The topological polar surface area (TPSA) is 35.0 Å². The predicted octanol–water partition coefficient (Wildman–Crippen LogP) is 3.11. The Morgan fingerprint density at radius 3 is 2.50 bits per heavy atom. The van der Waals surface area contributed by atoms with Crippen LogP contribution in [0.25, 0.3) is 11.3 Å². The lowest BCUT2D eigenvalue weighted by Crippen LogP contribution is -1.90. The SMILES string of the molecule is COc1ccc(-c2ccc(Cl)nn2)cc1C. The number of aryl methyl sites for hydroxylation is 1. The number of ether oxygens (including phenoxy) is 1. The zero-order chi connectivity index (χ0) is 11.5. The molecule has 0 radical (unpaired) electrons. The van der Waals surface area contributed by atoms with Crippen LogP contribution in [0.15, 0.2) is 30.3 Å². The van der Waals surface area contributed by atoms with E-state index in [1.54, 1.807) is 13.2 Å². The summed E-state index contributed by atoms with van der Waals surface area (Å²) in [6.07, 6.45) is 0. The molecule has 0 saturated heterocycles. The van der Waals surface area contributed by atoms with Gasteiger partial charge in [0.05, 0.1) is 12.8 Å². The Balaban J connectivity index is 2.41. The standard InChI is InChI=1S/C12H11ClN2O/c1-8-7-9(3-5-11(8)16-2)10-4-6-12(13)15-14-10/h3-7H,1-2H3. The fourth-order valence-electron chi connectivity index (χ4n) is 1.51. The zero-order valence-corrected chi connectivity index (χ0v) is 9.82. The number of rotatable bonds is 2. The monoisotopic (exact) mass is 234 g/mol. The molecular formula is C12H11ClN2O. The van der Waals surface area contributed by atoms with E-state index in [1.165, 1.54) is 0 Å². The summed E-state index contributed by atoms with van der Waals surface area (Å²) in [6.45, 7) is 1.99. The number of hydrogen-bond donors (Lipinski definition) is 0. The van der Waals surface area contributed by atoms with Gasteiger partial charge in [0.15, 0.2) is 5.15 Å². The molecule has 0 amide bonds. The van der Waals surface area contributed by atoms with Gasteiger partial charge in [-0.3, -0.25) is 0 Å². The number of methoxy groups -OCH3 is 1. The second-order valence-electron chi connectivity index (χ2n) is 3.43. The van der Waals surface area contributed by atoms with Crippen molar-refractivity contribution in [2.24, 2.45) is 0 Å². The van der Waals surface area contributed by atoms with Crippen LogP contribution in [0, 0.1) is 6.92 Å². The lowest BCUT2D eigenvalue weighted by Gasteiger charge is -2.06. The second-order valence-corrected chi connectivity index (χ2v) is 3.81. The van der Waals surface area contributed by atoms with Gasteiger partial charge in [0.2, 0.25) is 0 Å². The molecule has 0 N–H and O–H groups in total. The Morgan fingerprint density at radius 1 is 1.12 bits per heavy atom. The molecule has 1 aromatic carbocycles. The predicted molar refractivity (Wildman–Crippen MR) is 63.8 cm³/mol. The van der Waals surface area contributed by atoms with Crippen molar-refractivity contribution < 1.29 is 4.74 Å². The third-order valence-electron chi connectivity index (χ3n) is 2.32. The minimum Gasteiger partial charge on any atom is -0.496 e. The zero-order valence-electron chi connectivity index (χ0n) is 9.07. The first-order valence-electron chi connectivity index (χ1n) is 4.85. The van der Waals surface area contributed by atoms with E-state index >= 15 is 0 Å². The normalized spacial score (nSPS) is 10.2. The lowest BCUT2D eigenvalue weighted by atomic mass is 10.1. The third kappa shape index (κ3) is 2.14. The van der Waals surface area contributed by atoms with E-state index in [2.05, 4.69) is 10.2 Å². The quantitative estimate of drug-likeness (QED) is 0.801. The van der Waals surface area contributed by atoms with Crippen LogP contribution >= 0.6 is 11.6 Å². The van der Waals surface area contributed by atoms with Crippen LogP contribution in [0.1, 0.15) is 5.56 Å². The van der Waals surface area contributed by atoms with Crippen LogP contribution in [-0.4, -0.2) is 17.3 Å². The van der Waals surface area contributed by atoms with Crippen molar-refractivity contribution in [1.29, 1.82) is 0 Å². The van der Waals surface area contributed by atoms with Crippen LogP contribution < -0.4 is 4.74 Å². The number of hydrogen-bond acceptors (Lipinski definition) is 3. The van der Waals surface area contributed by atoms with Crippen LogP contribution in [0.2, 0.25) is 5.15 Å². The Bertz CT molecular complexity index is 497. The second kappa shape index (κ2) is 4.49. The Kier molecular flexibility index (Phi) is 3.06. The summed E-state index contributed by atoms with van der Waals surface area (Å²) >= 11 is 5.68. The summed E-state index contributed by atoms with van der Waals surface area (Å²) in [7, 11) is 1.66. The average molecular weight is 235 g/mol. The summed E-state index contributed by atoms with van der Waals surface area (Å²) in [4.78, 5) is 0. The molecule has 0 atom stereocenters. The molecular weight excluding hydrogens is 224 g/mol. The molecule has 16 heavy (non-hydrogen) atoms. The first-order chi connectivity index (χ1) is 7.70. The van der Waals surface area contributed by atoms with Crippen molar-refractivity contribution >= 4 is 11.6 Å². The van der Waals surface area contributed by atoms with Crippen molar-refractivity contribution in [3.8, 4) is 17.0 Å². The molecule has 2 rings (SSSR count). The van der Waals surface area contributed by atoms with Gasteiger partial charge in [0.25, 0.3) is 0 Å². The summed E-state index contributed by atoms with van der Waals surface area (Å²) in [5.74, 6) is 0.866. The van der Waals surface area contributed by atoms with Crippen LogP contribution in [0.5, 0.6) is 5.75 Å². The first kappa shape index (κ1) is 10.9. The molecule has 82 valence electrons. The number of benzene rings is 1. The van der Waals surface area contributed by atoms with Crippen molar-refractivity contribution in [1.82, 2.24) is 10.2 Å². The van der Waals surface area contributed by atoms with Gasteiger partial charge >= 0.3 is 0 Å². The largest absolute Gasteiger partial charge is 0.496 e.